The summed E-state index contributed by atoms with van der Waals surface area (Å²) in [4.78, 5) is 4.85. The van der Waals surface area contributed by atoms with Crippen LogP contribution in [0.15, 0.2) is 188 Å². The van der Waals surface area contributed by atoms with E-state index in [0.29, 0.717) is 11.3 Å². The fourth-order valence-electron chi connectivity index (χ4n) is 8.05. The smallest absolute Gasteiger partial charge is 0.292 e. The van der Waals surface area contributed by atoms with Crippen LogP contribution in [0, 0.1) is 0 Å². The molecule has 0 N–H and O–H groups in total. The van der Waals surface area contributed by atoms with Crippen molar-refractivity contribution in [2.75, 3.05) is 6.26 Å². The molecule has 1 aromatic heterocycles. The van der Waals surface area contributed by atoms with Crippen LogP contribution in [-0.4, -0.2) is 15.8 Å². The number of nitrogens with zero attached hydrogens (tertiary/aromatic N) is 2. The van der Waals surface area contributed by atoms with E-state index in [9.17, 15) is 13.2 Å². The molecule has 0 atom stereocenters. The molecular formula is C51H35F3N2S. The molecule has 0 radical (unpaired) electrons. The first-order valence-electron chi connectivity index (χ1n) is 18.6. The quantitative estimate of drug-likeness (QED) is 0.136. The van der Waals surface area contributed by atoms with Crippen LogP contribution in [-0.2, 0) is 6.18 Å². The van der Waals surface area contributed by atoms with E-state index in [0.717, 1.165) is 72.7 Å². The molecule has 0 amide bonds. The fourth-order valence-corrected chi connectivity index (χ4v) is 8.05. The predicted octanol–water partition coefficient (Wildman–Crippen LogP) is 14.7. The lowest BCUT2D eigenvalue weighted by Gasteiger charge is -2.18. The summed E-state index contributed by atoms with van der Waals surface area (Å²) in [5.74, 6) is 0.565. The van der Waals surface area contributed by atoms with Gasteiger partial charge in [0.2, 0.25) is 0 Å². The summed E-state index contributed by atoms with van der Waals surface area (Å²) >= 11 is 3.53. The molecule has 0 saturated heterocycles. The van der Waals surface area contributed by atoms with Gasteiger partial charge in [0.15, 0.2) is 0 Å². The van der Waals surface area contributed by atoms with Crippen molar-refractivity contribution in [3.63, 3.8) is 0 Å². The second kappa shape index (κ2) is 14.8. The van der Waals surface area contributed by atoms with Crippen LogP contribution >= 0.6 is 12.6 Å². The Morgan fingerprint density at radius 2 is 0.982 bits per heavy atom. The minimum absolute atomic E-state index is 0.278. The summed E-state index contributed by atoms with van der Waals surface area (Å²) in [5.41, 5.74) is 8.31. The van der Waals surface area contributed by atoms with E-state index in [-0.39, 0.29) is 5.52 Å². The van der Waals surface area contributed by atoms with Gasteiger partial charge in [0, 0.05) is 11.3 Å². The van der Waals surface area contributed by atoms with Gasteiger partial charge >= 0.3 is 6.18 Å². The predicted molar refractivity (Wildman–Crippen MR) is 235 cm³/mol. The number of alkyl halides is 3. The topological polar surface area (TPSA) is 17.8 Å². The number of rotatable bonds is 5. The largest absolute Gasteiger partial charge is 0.416 e. The molecule has 0 aliphatic carbocycles. The Bertz CT molecular complexity index is 3020. The van der Waals surface area contributed by atoms with Gasteiger partial charge in [0.25, 0.3) is 0 Å². The highest BCUT2D eigenvalue weighted by molar-refractivity contribution is 7.79. The van der Waals surface area contributed by atoms with E-state index in [1.807, 2.05) is 71.3 Å². The van der Waals surface area contributed by atoms with Crippen LogP contribution in [0.25, 0.3) is 93.8 Å². The van der Waals surface area contributed by atoms with E-state index in [4.69, 9.17) is 4.98 Å². The zero-order chi connectivity index (χ0) is 39.1. The number of halogens is 3. The van der Waals surface area contributed by atoms with Gasteiger partial charge in [-0.15, -0.1) is 0 Å². The van der Waals surface area contributed by atoms with E-state index in [1.165, 1.54) is 22.4 Å². The molecule has 10 rings (SSSR count). The Morgan fingerprint density at radius 1 is 0.439 bits per heavy atom. The molecule has 0 fully saturated rings. The molecule has 276 valence electrons. The minimum atomic E-state index is -4.48. The fraction of sp³-hybridized carbons (Fsp3) is 0.0392. The Kier molecular flexibility index (Phi) is 9.35. The summed E-state index contributed by atoms with van der Waals surface area (Å²) in [7, 11) is 0. The summed E-state index contributed by atoms with van der Waals surface area (Å²) < 4.78 is 43.6. The third kappa shape index (κ3) is 6.52. The molecule has 0 unspecified atom stereocenters. The first-order valence-corrected chi connectivity index (χ1v) is 19.5. The lowest BCUT2D eigenvalue weighted by atomic mass is 9.85. The number of hydrogen-bond donors (Lipinski definition) is 1. The average molecular weight is 765 g/mol. The lowest BCUT2D eigenvalue weighted by Crippen LogP contribution is -2.04. The van der Waals surface area contributed by atoms with Crippen LogP contribution < -0.4 is 0 Å². The zero-order valence-electron chi connectivity index (χ0n) is 30.9. The maximum absolute atomic E-state index is 13.9. The molecular weight excluding hydrogens is 730 g/mol. The second-order valence-corrected chi connectivity index (χ2v) is 13.9. The van der Waals surface area contributed by atoms with Crippen molar-refractivity contribution in [2.45, 2.75) is 6.18 Å². The van der Waals surface area contributed by atoms with Crippen LogP contribution in [0.2, 0.25) is 0 Å². The molecule has 57 heavy (non-hydrogen) atoms. The monoisotopic (exact) mass is 764 g/mol. The normalized spacial score (nSPS) is 11.6. The second-order valence-electron chi connectivity index (χ2n) is 13.9. The molecule has 0 aliphatic rings. The summed E-state index contributed by atoms with van der Waals surface area (Å²) in [6.45, 7) is 0. The summed E-state index contributed by atoms with van der Waals surface area (Å²) in [6.07, 6.45) is -2.79. The maximum Gasteiger partial charge on any atom is 0.416 e. The SMILES string of the molecule is CS.FC(F)(F)c1ccc2c(c1)nc(-c1cccc(-c3ccccc3)c1)n2-c1ccc(-c2c3ccccc3c(-c3ccc4ccccc4c3)c3ccccc23)cc1. The van der Waals surface area contributed by atoms with Gasteiger partial charge in [0.05, 0.1) is 16.6 Å². The van der Waals surface area contributed by atoms with E-state index >= 15 is 0 Å². The van der Waals surface area contributed by atoms with Crippen molar-refractivity contribution >= 4 is 56.0 Å². The number of fused-ring (bicyclic) bond motifs is 4. The number of benzene rings is 9. The molecule has 10 aromatic rings. The third-order valence-electron chi connectivity index (χ3n) is 10.6. The van der Waals surface area contributed by atoms with Crippen LogP contribution in [0.5, 0.6) is 0 Å². The molecule has 0 saturated carbocycles. The number of aromatic nitrogens is 2. The highest BCUT2D eigenvalue weighted by Crippen LogP contribution is 2.44. The van der Waals surface area contributed by atoms with Crippen LogP contribution in [0.3, 0.4) is 0 Å². The van der Waals surface area contributed by atoms with Gasteiger partial charge in [-0.25, -0.2) is 4.98 Å². The van der Waals surface area contributed by atoms with Crippen LogP contribution in [0.1, 0.15) is 5.56 Å². The average Bonchev–Trinajstić information content (AvgIpc) is 3.65. The van der Waals surface area contributed by atoms with E-state index in [2.05, 4.69) is 116 Å². The van der Waals surface area contributed by atoms with Crippen LogP contribution in [0.4, 0.5) is 13.2 Å². The van der Waals surface area contributed by atoms with Crippen molar-refractivity contribution in [1.29, 1.82) is 0 Å². The molecule has 0 spiro atoms. The minimum Gasteiger partial charge on any atom is -0.292 e. The molecule has 0 bridgehead atoms. The highest BCUT2D eigenvalue weighted by Gasteiger charge is 2.31. The van der Waals surface area contributed by atoms with E-state index < -0.39 is 11.7 Å². The molecule has 0 aliphatic heterocycles. The van der Waals surface area contributed by atoms with Crippen molar-refractivity contribution in [3.8, 4) is 50.5 Å². The molecule has 2 nitrogen and oxygen atoms in total. The maximum atomic E-state index is 13.9. The van der Waals surface area contributed by atoms with Gasteiger partial charge in [-0.2, -0.15) is 25.8 Å². The Morgan fingerprint density at radius 3 is 1.63 bits per heavy atom. The van der Waals surface area contributed by atoms with Crippen molar-refractivity contribution in [2.24, 2.45) is 0 Å². The van der Waals surface area contributed by atoms with Gasteiger partial charge in [-0.3, -0.25) is 4.57 Å². The summed E-state index contributed by atoms with van der Waals surface area (Å²) in [6, 6.07) is 62.4. The molecule has 6 heteroatoms. The van der Waals surface area contributed by atoms with Crippen molar-refractivity contribution in [1.82, 2.24) is 9.55 Å². The third-order valence-corrected chi connectivity index (χ3v) is 10.6. The Labute approximate surface area is 333 Å². The first-order chi connectivity index (χ1) is 27.9. The van der Waals surface area contributed by atoms with E-state index in [1.54, 1.807) is 6.26 Å². The highest BCUT2D eigenvalue weighted by atomic mass is 32.1. The van der Waals surface area contributed by atoms with Gasteiger partial charge < -0.3 is 0 Å². The number of hydrogen-bond acceptors (Lipinski definition) is 2. The van der Waals surface area contributed by atoms with Crippen molar-refractivity contribution in [3.05, 3.63) is 194 Å². The first kappa shape index (κ1) is 36.0. The Hall–Kier alpha value is -6.63. The number of imidazole rings is 1. The zero-order valence-corrected chi connectivity index (χ0v) is 31.8. The standard InChI is InChI=1S/C50H31F3N2.CH4S/c51-50(52,53)39-25-28-46-45(31-39)54-49(38-16-10-15-36(30-38)32-11-2-1-3-12-32)55(46)40-26-23-34(24-27-40)47-41-17-6-8-19-43(41)48(44-20-9-7-18-42(44)47)37-22-21-33-13-4-5-14-35(33)29-37;1-2/h1-31H;2H,1H3. The Balaban J connectivity index is 0.00000208. The lowest BCUT2D eigenvalue weighted by molar-refractivity contribution is -0.137. The molecule has 9 aromatic carbocycles. The summed E-state index contributed by atoms with van der Waals surface area (Å²) in [5, 5.41) is 7.01. The van der Waals surface area contributed by atoms with Crippen molar-refractivity contribution < 1.29 is 13.2 Å². The van der Waals surface area contributed by atoms with Gasteiger partial charge in [-0.05, 0) is 114 Å². The number of thiol groups is 1. The van der Waals surface area contributed by atoms with Gasteiger partial charge in [0.1, 0.15) is 5.82 Å². The molecule has 1 heterocycles. The van der Waals surface area contributed by atoms with Gasteiger partial charge in [-0.1, -0.05) is 146 Å².